The van der Waals surface area contributed by atoms with Gasteiger partial charge in [-0.05, 0) is 68.5 Å². The summed E-state index contributed by atoms with van der Waals surface area (Å²) in [6.45, 7) is 10.0. The second kappa shape index (κ2) is 6.34. The fourth-order valence-electron chi connectivity index (χ4n) is 2.93. The van der Waals surface area contributed by atoms with Gasteiger partial charge in [0.2, 0.25) is 0 Å². The van der Waals surface area contributed by atoms with Crippen LogP contribution in [0.15, 0.2) is 24.3 Å². The third-order valence-electron chi connectivity index (χ3n) is 4.77. The SMILES string of the molecule is Cc1c(C)c(C)c(C(=O)c2ccccc2C(=O)NN)c(C)c1C. The van der Waals surface area contributed by atoms with E-state index in [1.165, 1.54) is 5.56 Å². The second-order valence-corrected chi connectivity index (χ2v) is 5.85. The van der Waals surface area contributed by atoms with Gasteiger partial charge in [-0.2, -0.15) is 0 Å². The Kier molecular flexibility index (Phi) is 4.66. The van der Waals surface area contributed by atoms with Crippen molar-refractivity contribution < 1.29 is 9.59 Å². The highest BCUT2D eigenvalue weighted by atomic mass is 16.2. The van der Waals surface area contributed by atoms with E-state index in [1.807, 2.05) is 27.7 Å². The molecular formula is C19H22N2O2. The minimum atomic E-state index is -0.468. The van der Waals surface area contributed by atoms with Crippen LogP contribution in [-0.2, 0) is 0 Å². The first-order chi connectivity index (χ1) is 10.8. The summed E-state index contributed by atoms with van der Waals surface area (Å²) in [5, 5.41) is 0. The predicted molar refractivity (Wildman–Crippen MR) is 91.7 cm³/mol. The second-order valence-electron chi connectivity index (χ2n) is 5.85. The molecule has 23 heavy (non-hydrogen) atoms. The van der Waals surface area contributed by atoms with Crippen molar-refractivity contribution in [3.05, 3.63) is 68.8 Å². The summed E-state index contributed by atoms with van der Waals surface area (Å²) in [6.07, 6.45) is 0. The van der Waals surface area contributed by atoms with Gasteiger partial charge >= 0.3 is 0 Å². The molecule has 0 spiro atoms. The molecule has 0 unspecified atom stereocenters. The summed E-state index contributed by atoms with van der Waals surface area (Å²) in [4.78, 5) is 25.1. The molecule has 120 valence electrons. The van der Waals surface area contributed by atoms with Crippen molar-refractivity contribution >= 4 is 11.7 Å². The van der Waals surface area contributed by atoms with Crippen LogP contribution in [0.25, 0.3) is 0 Å². The van der Waals surface area contributed by atoms with Crippen molar-refractivity contribution in [2.75, 3.05) is 0 Å². The van der Waals surface area contributed by atoms with Crippen LogP contribution in [-0.4, -0.2) is 11.7 Å². The third kappa shape index (κ3) is 2.78. The molecule has 0 radical (unpaired) electrons. The van der Waals surface area contributed by atoms with Crippen LogP contribution >= 0.6 is 0 Å². The summed E-state index contributed by atoms with van der Waals surface area (Å²) in [5.74, 6) is 4.61. The van der Waals surface area contributed by atoms with Gasteiger partial charge in [-0.25, -0.2) is 5.84 Å². The van der Waals surface area contributed by atoms with E-state index in [-0.39, 0.29) is 11.3 Å². The van der Waals surface area contributed by atoms with E-state index in [9.17, 15) is 9.59 Å². The van der Waals surface area contributed by atoms with Crippen LogP contribution in [0.1, 0.15) is 54.1 Å². The molecule has 0 fully saturated rings. The van der Waals surface area contributed by atoms with Crippen LogP contribution in [0.5, 0.6) is 0 Å². The summed E-state index contributed by atoms with van der Waals surface area (Å²) >= 11 is 0. The highest BCUT2D eigenvalue weighted by Gasteiger charge is 2.23. The summed E-state index contributed by atoms with van der Waals surface area (Å²) in [5.41, 5.74) is 8.75. The molecule has 2 aromatic rings. The molecule has 0 saturated heterocycles. The van der Waals surface area contributed by atoms with Crippen molar-refractivity contribution in [2.45, 2.75) is 34.6 Å². The van der Waals surface area contributed by atoms with Crippen LogP contribution < -0.4 is 11.3 Å². The predicted octanol–water partition coefficient (Wildman–Crippen LogP) is 3.06. The fourth-order valence-corrected chi connectivity index (χ4v) is 2.93. The Morgan fingerprint density at radius 2 is 1.22 bits per heavy atom. The topological polar surface area (TPSA) is 72.2 Å². The molecule has 3 N–H and O–H groups in total. The van der Waals surface area contributed by atoms with Crippen molar-refractivity contribution in [1.82, 2.24) is 5.43 Å². The van der Waals surface area contributed by atoms with Crippen molar-refractivity contribution in [3.63, 3.8) is 0 Å². The monoisotopic (exact) mass is 310 g/mol. The first-order valence-electron chi connectivity index (χ1n) is 7.52. The molecule has 0 aliphatic heterocycles. The summed E-state index contributed by atoms with van der Waals surface area (Å²) in [6, 6.07) is 6.73. The summed E-state index contributed by atoms with van der Waals surface area (Å²) < 4.78 is 0. The maximum Gasteiger partial charge on any atom is 0.265 e. The van der Waals surface area contributed by atoms with Gasteiger partial charge in [0.1, 0.15) is 0 Å². The highest BCUT2D eigenvalue weighted by Crippen LogP contribution is 2.28. The highest BCUT2D eigenvalue weighted by molar-refractivity contribution is 6.16. The average molecular weight is 310 g/mol. The summed E-state index contributed by atoms with van der Waals surface area (Å²) in [7, 11) is 0. The third-order valence-corrected chi connectivity index (χ3v) is 4.77. The number of ketones is 1. The molecule has 0 heterocycles. The number of nitrogens with one attached hydrogen (secondary N) is 1. The molecule has 0 bridgehead atoms. The standard InChI is InChI=1S/C19H22N2O2/c1-10-11(2)13(4)17(14(5)12(10)3)18(22)15-8-6-7-9-16(15)19(23)21-20/h6-9H,20H2,1-5H3,(H,21,23). The number of rotatable bonds is 3. The van der Waals surface area contributed by atoms with Gasteiger partial charge in [0.15, 0.2) is 5.78 Å². The number of amides is 1. The number of hydrogen-bond donors (Lipinski definition) is 2. The zero-order valence-electron chi connectivity index (χ0n) is 14.2. The lowest BCUT2D eigenvalue weighted by Gasteiger charge is -2.18. The molecule has 0 aliphatic carbocycles. The number of benzene rings is 2. The van der Waals surface area contributed by atoms with Crippen LogP contribution in [0.2, 0.25) is 0 Å². The van der Waals surface area contributed by atoms with E-state index in [0.29, 0.717) is 11.1 Å². The molecule has 4 nitrogen and oxygen atoms in total. The quantitative estimate of drug-likeness (QED) is 0.396. The van der Waals surface area contributed by atoms with Gasteiger partial charge < -0.3 is 0 Å². The number of carbonyl (C=O) groups is 2. The van der Waals surface area contributed by atoms with Crippen LogP contribution in [0, 0.1) is 34.6 Å². The van der Waals surface area contributed by atoms with Crippen molar-refractivity contribution in [3.8, 4) is 0 Å². The van der Waals surface area contributed by atoms with E-state index in [4.69, 9.17) is 5.84 Å². The lowest BCUT2D eigenvalue weighted by molar-refractivity contribution is 0.0942. The van der Waals surface area contributed by atoms with E-state index in [2.05, 4.69) is 12.3 Å². The molecule has 0 aromatic heterocycles. The molecular weight excluding hydrogens is 288 g/mol. The molecule has 2 rings (SSSR count). The smallest absolute Gasteiger partial charge is 0.265 e. The van der Waals surface area contributed by atoms with Gasteiger partial charge in [0, 0.05) is 11.1 Å². The van der Waals surface area contributed by atoms with Crippen LogP contribution in [0.3, 0.4) is 0 Å². The Morgan fingerprint density at radius 3 is 1.70 bits per heavy atom. The number of hydrazine groups is 1. The van der Waals surface area contributed by atoms with E-state index in [1.54, 1.807) is 24.3 Å². The maximum absolute atomic E-state index is 13.1. The van der Waals surface area contributed by atoms with Crippen molar-refractivity contribution in [1.29, 1.82) is 0 Å². The van der Waals surface area contributed by atoms with Crippen LogP contribution in [0.4, 0.5) is 0 Å². The van der Waals surface area contributed by atoms with Gasteiger partial charge in [-0.1, -0.05) is 18.2 Å². The van der Waals surface area contributed by atoms with E-state index < -0.39 is 5.91 Å². The molecule has 4 heteroatoms. The molecule has 0 atom stereocenters. The lowest BCUT2D eigenvalue weighted by Crippen LogP contribution is -2.31. The van der Waals surface area contributed by atoms with Gasteiger partial charge in [-0.3, -0.25) is 15.0 Å². The van der Waals surface area contributed by atoms with E-state index in [0.717, 1.165) is 22.3 Å². The number of nitrogen functional groups attached to an aromatic ring is 1. The zero-order chi connectivity index (χ0) is 17.3. The van der Waals surface area contributed by atoms with Crippen molar-refractivity contribution in [2.24, 2.45) is 5.84 Å². The Balaban J connectivity index is 2.71. The molecule has 0 saturated carbocycles. The Morgan fingerprint density at radius 1 is 0.783 bits per heavy atom. The Hall–Kier alpha value is -2.46. The van der Waals surface area contributed by atoms with Gasteiger partial charge in [0.05, 0.1) is 5.56 Å². The minimum absolute atomic E-state index is 0.148. The first kappa shape index (κ1) is 16.9. The molecule has 0 aliphatic rings. The number of carbonyl (C=O) groups excluding carboxylic acids is 2. The first-order valence-corrected chi connectivity index (χ1v) is 7.52. The maximum atomic E-state index is 13.1. The van der Waals surface area contributed by atoms with Gasteiger partial charge in [0.25, 0.3) is 5.91 Å². The molecule has 2 aromatic carbocycles. The lowest BCUT2D eigenvalue weighted by atomic mass is 9.85. The normalized spacial score (nSPS) is 10.5. The number of hydrogen-bond acceptors (Lipinski definition) is 3. The average Bonchev–Trinajstić information content (AvgIpc) is 2.57. The van der Waals surface area contributed by atoms with Gasteiger partial charge in [-0.15, -0.1) is 0 Å². The fraction of sp³-hybridized carbons (Fsp3) is 0.263. The minimum Gasteiger partial charge on any atom is -0.290 e. The number of nitrogens with two attached hydrogens (primary N) is 1. The zero-order valence-corrected chi connectivity index (χ0v) is 14.2. The largest absolute Gasteiger partial charge is 0.290 e. The molecule has 1 amide bonds. The van der Waals surface area contributed by atoms with E-state index >= 15 is 0 Å². The Labute approximate surface area is 136 Å². The Bertz CT molecular complexity index is 778.